The predicted molar refractivity (Wildman–Crippen MR) is 48.9 cm³/mol. The molecule has 0 bridgehead atoms. The molecule has 0 saturated carbocycles. The van der Waals surface area contributed by atoms with E-state index in [4.69, 9.17) is 4.74 Å². The molecule has 11 heavy (non-hydrogen) atoms. The first kappa shape index (κ1) is 10.9. The minimum Gasteiger partial charge on any atom is -0.383 e. The second kappa shape index (κ2) is 5.56. The van der Waals surface area contributed by atoms with Crippen molar-refractivity contribution in [2.24, 2.45) is 0 Å². The first-order chi connectivity index (χ1) is 5.13. The van der Waals surface area contributed by atoms with Gasteiger partial charge in [0, 0.05) is 19.2 Å². The van der Waals surface area contributed by atoms with Crippen molar-refractivity contribution in [1.29, 1.82) is 0 Å². The zero-order valence-corrected chi connectivity index (χ0v) is 8.42. The molecule has 0 rings (SSSR count). The normalized spacial score (nSPS) is 14.5. The molecular formula is C9H21NO. The van der Waals surface area contributed by atoms with Gasteiger partial charge in [0.1, 0.15) is 0 Å². The largest absolute Gasteiger partial charge is 0.383 e. The van der Waals surface area contributed by atoms with Crippen LogP contribution in [0.15, 0.2) is 0 Å². The van der Waals surface area contributed by atoms with Gasteiger partial charge in [-0.1, -0.05) is 6.92 Å². The van der Waals surface area contributed by atoms with Crippen LogP contribution in [0.4, 0.5) is 0 Å². The Hall–Kier alpha value is -0.0800. The van der Waals surface area contributed by atoms with Crippen LogP contribution in [0.25, 0.3) is 0 Å². The predicted octanol–water partition coefficient (Wildman–Crippen LogP) is 1.75. The van der Waals surface area contributed by atoms with Crippen LogP contribution in [0.2, 0.25) is 0 Å². The highest BCUT2D eigenvalue weighted by atomic mass is 16.5. The fourth-order valence-corrected chi connectivity index (χ4v) is 1.52. The van der Waals surface area contributed by atoms with Crippen molar-refractivity contribution in [2.75, 3.05) is 20.3 Å². The molecular weight excluding hydrogens is 138 g/mol. The number of rotatable bonds is 5. The molecule has 2 nitrogen and oxygen atoms in total. The van der Waals surface area contributed by atoms with Crippen LogP contribution >= 0.6 is 0 Å². The van der Waals surface area contributed by atoms with Gasteiger partial charge in [0.25, 0.3) is 0 Å². The lowest BCUT2D eigenvalue weighted by Crippen LogP contribution is -2.40. The fourth-order valence-electron chi connectivity index (χ4n) is 1.52. The molecule has 0 aromatic carbocycles. The van der Waals surface area contributed by atoms with Gasteiger partial charge in [-0.25, -0.2) is 0 Å². The van der Waals surface area contributed by atoms with E-state index >= 15 is 0 Å². The number of ether oxygens (including phenoxy) is 1. The number of hydrogen-bond donors (Lipinski definition) is 0. The van der Waals surface area contributed by atoms with Crippen molar-refractivity contribution < 1.29 is 4.74 Å². The van der Waals surface area contributed by atoms with Crippen LogP contribution in [0.5, 0.6) is 0 Å². The summed E-state index contributed by atoms with van der Waals surface area (Å²) >= 11 is 0. The third-order valence-electron chi connectivity index (χ3n) is 2.00. The van der Waals surface area contributed by atoms with E-state index in [1.54, 1.807) is 7.11 Å². The molecule has 0 N–H and O–H groups in total. The smallest absolute Gasteiger partial charge is 0.0615 e. The Morgan fingerprint density at radius 2 is 1.82 bits per heavy atom. The summed E-state index contributed by atoms with van der Waals surface area (Å²) in [6.07, 6.45) is 0. The molecule has 0 aromatic rings. The van der Waals surface area contributed by atoms with Crippen LogP contribution in [0, 0.1) is 0 Å². The first-order valence-corrected chi connectivity index (χ1v) is 4.38. The third kappa shape index (κ3) is 3.73. The van der Waals surface area contributed by atoms with E-state index in [1.807, 2.05) is 0 Å². The van der Waals surface area contributed by atoms with E-state index < -0.39 is 0 Å². The zero-order valence-electron chi connectivity index (χ0n) is 8.42. The maximum atomic E-state index is 5.09. The van der Waals surface area contributed by atoms with Crippen molar-refractivity contribution >= 4 is 0 Å². The second-order valence-electron chi connectivity index (χ2n) is 3.23. The summed E-state index contributed by atoms with van der Waals surface area (Å²) in [5.74, 6) is 0. The zero-order chi connectivity index (χ0) is 8.85. The van der Waals surface area contributed by atoms with Gasteiger partial charge in [0.2, 0.25) is 0 Å². The van der Waals surface area contributed by atoms with Gasteiger partial charge in [-0.05, 0) is 27.3 Å². The first-order valence-electron chi connectivity index (χ1n) is 4.38. The molecule has 1 unspecified atom stereocenters. The second-order valence-corrected chi connectivity index (χ2v) is 3.23. The van der Waals surface area contributed by atoms with Gasteiger partial charge in [-0.3, -0.25) is 4.90 Å². The standard InChI is InChI=1S/C9H21NO/c1-6-10(8(2)3)9(4)7-11-5/h8-9H,6-7H2,1-5H3. The summed E-state index contributed by atoms with van der Waals surface area (Å²) in [7, 11) is 1.75. The number of likely N-dealkylation sites (N-methyl/N-ethyl adjacent to an activating group) is 1. The monoisotopic (exact) mass is 159 g/mol. The Balaban J connectivity index is 3.81. The van der Waals surface area contributed by atoms with Crippen LogP contribution in [-0.2, 0) is 4.74 Å². The van der Waals surface area contributed by atoms with Crippen molar-refractivity contribution in [3.05, 3.63) is 0 Å². The average Bonchev–Trinajstić information content (AvgIpc) is 1.88. The molecule has 1 atom stereocenters. The number of hydrogen-bond acceptors (Lipinski definition) is 2. The summed E-state index contributed by atoms with van der Waals surface area (Å²) in [5.41, 5.74) is 0. The Morgan fingerprint density at radius 1 is 1.27 bits per heavy atom. The fraction of sp³-hybridized carbons (Fsp3) is 1.00. The van der Waals surface area contributed by atoms with E-state index in [0.717, 1.165) is 13.2 Å². The summed E-state index contributed by atoms with van der Waals surface area (Å²) in [6.45, 7) is 10.7. The molecule has 0 amide bonds. The van der Waals surface area contributed by atoms with Gasteiger partial charge in [-0.2, -0.15) is 0 Å². The van der Waals surface area contributed by atoms with E-state index in [9.17, 15) is 0 Å². The lowest BCUT2D eigenvalue weighted by Gasteiger charge is -2.30. The lowest BCUT2D eigenvalue weighted by molar-refractivity contribution is 0.0835. The third-order valence-corrected chi connectivity index (χ3v) is 2.00. The summed E-state index contributed by atoms with van der Waals surface area (Å²) in [4.78, 5) is 2.42. The highest BCUT2D eigenvalue weighted by Gasteiger charge is 2.13. The Bertz CT molecular complexity index is 93.6. The number of nitrogens with zero attached hydrogens (tertiary/aromatic N) is 1. The van der Waals surface area contributed by atoms with Gasteiger partial charge in [0.05, 0.1) is 6.61 Å². The minimum absolute atomic E-state index is 0.532. The van der Waals surface area contributed by atoms with E-state index in [0.29, 0.717) is 12.1 Å². The molecule has 0 heterocycles. The van der Waals surface area contributed by atoms with Crippen LogP contribution in [0.3, 0.4) is 0 Å². The molecule has 0 radical (unpaired) electrons. The van der Waals surface area contributed by atoms with Crippen LogP contribution < -0.4 is 0 Å². The highest BCUT2D eigenvalue weighted by Crippen LogP contribution is 2.04. The van der Waals surface area contributed by atoms with Gasteiger partial charge < -0.3 is 4.74 Å². The summed E-state index contributed by atoms with van der Waals surface area (Å²) < 4.78 is 5.09. The van der Waals surface area contributed by atoms with Crippen LogP contribution in [0.1, 0.15) is 27.7 Å². The Morgan fingerprint density at radius 3 is 2.09 bits per heavy atom. The van der Waals surface area contributed by atoms with Crippen molar-refractivity contribution in [2.45, 2.75) is 39.8 Å². The maximum absolute atomic E-state index is 5.09. The van der Waals surface area contributed by atoms with E-state index in [-0.39, 0.29) is 0 Å². The summed E-state index contributed by atoms with van der Waals surface area (Å²) in [5, 5.41) is 0. The SMILES string of the molecule is CCN(C(C)C)C(C)COC. The van der Waals surface area contributed by atoms with Crippen molar-refractivity contribution in [1.82, 2.24) is 4.90 Å². The quantitative estimate of drug-likeness (QED) is 0.606. The van der Waals surface area contributed by atoms with Crippen molar-refractivity contribution in [3.8, 4) is 0 Å². The highest BCUT2D eigenvalue weighted by molar-refractivity contribution is 4.68. The lowest BCUT2D eigenvalue weighted by atomic mass is 10.2. The van der Waals surface area contributed by atoms with E-state index in [1.165, 1.54) is 0 Å². The molecule has 0 saturated heterocycles. The Kier molecular flexibility index (Phi) is 5.51. The van der Waals surface area contributed by atoms with E-state index in [2.05, 4.69) is 32.6 Å². The van der Waals surface area contributed by atoms with Crippen LogP contribution in [-0.4, -0.2) is 37.2 Å². The average molecular weight is 159 g/mol. The molecule has 0 aliphatic carbocycles. The topological polar surface area (TPSA) is 12.5 Å². The molecule has 0 fully saturated rings. The molecule has 0 aliphatic heterocycles. The van der Waals surface area contributed by atoms with Gasteiger partial charge in [-0.15, -0.1) is 0 Å². The summed E-state index contributed by atoms with van der Waals surface area (Å²) in [6, 6.07) is 1.15. The molecule has 0 spiro atoms. The number of methoxy groups -OCH3 is 1. The molecule has 0 aromatic heterocycles. The Labute approximate surface area is 70.5 Å². The maximum Gasteiger partial charge on any atom is 0.0615 e. The van der Waals surface area contributed by atoms with Crippen molar-refractivity contribution in [3.63, 3.8) is 0 Å². The minimum atomic E-state index is 0.532. The van der Waals surface area contributed by atoms with Gasteiger partial charge in [0.15, 0.2) is 0 Å². The molecule has 68 valence electrons. The molecule has 0 aliphatic rings. The van der Waals surface area contributed by atoms with Gasteiger partial charge >= 0.3 is 0 Å². The molecule has 2 heteroatoms.